The van der Waals surface area contributed by atoms with E-state index in [-0.39, 0.29) is 18.5 Å². The van der Waals surface area contributed by atoms with Gasteiger partial charge >= 0.3 is 0 Å². The van der Waals surface area contributed by atoms with Crippen LogP contribution in [0.1, 0.15) is 30.8 Å². The van der Waals surface area contributed by atoms with Crippen molar-refractivity contribution in [1.29, 1.82) is 0 Å². The zero-order valence-corrected chi connectivity index (χ0v) is 14.1. The molecular weight excluding hydrogens is 297 g/mol. The SMILES string of the molecule is Cc1nn(CCO)c(C)c1CNc1cc(F)ccc1OC(C)C. The van der Waals surface area contributed by atoms with E-state index in [2.05, 4.69) is 10.4 Å². The minimum absolute atomic E-state index is 0.0109. The molecule has 126 valence electrons. The number of ether oxygens (including phenoxy) is 1. The topological polar surface area (TPSA) is 59.3 Å². The highest BCUT2D eigenvalue weighted by atomic mass is 19.1. The van der Waals surface area contributed by atoms with Crippen molar-refractivity contribution in [3.63, 3.8) is 0 Å². The van der Waals surface area contributed by atoms with Crippen molar-refractivity contribution in [2.45, 2.75) is 46.9 Å². The van der Waals surface area contributed by atoms with Crippen LogP contribution in [0.3, 0.4) is 0 Å². The quantitative estimate of drug-likeness (QED) is 0.823. The average molecular weight is 321 g/mol. The Balaban J connectivity index is 2.19. The standard InChI is InChI=1S/C17H24FN3O2/c1-11(2)23-17-6-5-14(18)9-16(17)19-10-15-12(3)20-21(7-8-22)13(15)4/h5-6,9,11,19,22H,7-8,10H2,1-4H3. The molecule has 0 unspecified atom stereocenters. The molecule has 5 nitrogen and oxygen atoms in total. The van der Waals surface area contributed by atoms with Crippen molar-refractivity contribution in [2.75, 3.05) is 11.9 Å². The van der Waals surface area contributed by atoms with E-state index in [1.54, 1.807) is 10.7 Å². The number of nitrogens with one attached hydrogen (secondary N) is 1. The molecule has 0 aliphatic heterocycles. The molecule has 0 atom stereocenters. The van der Waals surface area contributed by atoms with E-state index < -0.39 is 0 Å². The highest BCUT2D eigenvalue weighted by Gasteiger charge is 2.13. The zero-order valence-electron chi connectivity index (χ0n) is 14.1. The summed E-state index contributed by atoms with van der Waals surface area (Å²) in [5.74, 6) is 0.312. The summed E-state index contributed by atoms with van der Waals surface area (Å²) < 4.78 is 21.0. The van der Waals surface area contributed by atoms with E-state index in [0.29, 0.717) is 24.5 Å². The number of aliphatic hydroxyl groups excluding tert-OH is 1. The molecule has 1 aromatic heterocycles. The first-order chi connectivity index (χ1) is 10.9. The van der Waals surface area contributed by atoms with E-state index >= 15 is 0 Å². The molecule has 6 heteroatoms. The van der Waals surface area contributed by atoms with Crippen LogP contribution in [0.25, 0.3) is 0 Å². The van der Waals surface area contributed by atoms with Crippen molar-refractivity contribution in [1.82, 2.24) is 9.78 Å². The summed E-state index contributed by atoms with van der Waals surface area (Å²) >= 11 is 0. The third-order valence-electron chi connectivity index (χ3n) is 3.60. The molecule has 23 heavy (non-hydrogen) atoms. The summed E-state index contributed by atoms with van der Waals surface area (Å²) in [5, 5.41) is 16.7. The number of rotatable bonds is 7. The van der Waals surface area contributed by atoms with Gasteiger partial charge in [0.15, 0.2) is 0 Å². The van der Waals surface area contributed by atoms with E-state index in [1.807, 2.05) is 27.7 Å². The molecule has 0 bridgehead atoms. The van der Waals surface area contributed by atoms with Gasteiger partial charge in [-0.3, -0.25) is 4.68 Å². The summed E-state index contributed by atoms with van der Waals surface area (Å²) in [5.41, 5.74) is 3.54. The molecule has 0 fully saturated rings. The van der Waals surface area contributed by atoms with Gasteiger partial charge in [-0.05, 0) is 39.8 Å². The van der Waals surface area contributed by atoms with E-state index in [4.69, 9.17) is 9.84 Å². The molecule has 0 saturated heterocycles. The van der Waals surface area contributed by atoms with Gasteiger partial charge in [-0.15, -0.1) is 0 Å². The lowest BCUT2D eigenvalue weighted by Gasteiger charge is -2.16. The summed E-state index contributed by atoms with van der Waals surface area (Å²) in [6.45, 7) is 8.78. The van der Waals surface area contributed by atoms with Crippen LogP contribution in [0.2, 0.25) is 0 Å². The second-order valence-electron chi connectivity index (χ2n) is 5.76. The van der Waals surface area contributed by atoms with Crippen LogP contribution in [0.15, 0.2) is 18.2 Å². The maximum Gasteiger partial charge on any atom is 0.142 e. The predicted octanol–water partition coefficient (Wildman–Crippen LogP) is 3.03. The van der Waals surface area contributed by atoms with Gasteiger partial charge in [-0.2, -0.15) is 5.10 Å². The Kier molecular flexibility index (Phi) is 5.60. The molecule has 0 amide bonds. The number of benzene rings is 1. The highest BCUT2D eigenvalue weighted by molar-refractivity contribution is 5.57. The van der Waals surface area contributed by atoms with Crippen molar-refractivity contribution in [3.05, 3.63) is 41.0 Å². The van der Waals surface area contributed by atoms with Gasteiger partial charge in [0.05, 0.1) is 30.6 Å². The summed E-state index contributed by atoms with van der Waals surface area (Å²) in [6.07, 6.45) is 0.0109. The van der Waals surface area contributed by atoms with Crippen LogP contribution in [0.4, 0.5) is 10.1 Å². The number of nitrogens with zero attached hydrogens (tertiary/aromatic N) is 2. The molecular formula is C17H24FN3O2. The lowest BCUT2D eigenvalue weighted by molar-refractivity contribution is 0.243. The first kappa shape index (κ1) is 17.3. The third-order valence-corrected chi connectivity index (χ3v) is 3.60. The van der Waals surface area contributed by atoms with Crippen LogP contribution in [0.5, 0.6) is 5.75 Å². The van der Waals surface area contributed by atoms with Crippen molar-refractivity contribution in [3.8, 4) is 5.75 Å². The van der Waals surface area contributed by atoms with Gasteiger partial charge in [0.1, 0.15) is 11.6 Å². The van der Waals surface area contributed by atoms with Gasteiger partial charge in [0.2, 0.25) is 0 Å². The van der Waals surface area contributed by atoms with Crippen molar-refractivity contribution < 1.29 is 14.2 Å². The second-order valence-corrected chi connectivity index (χ2v) is 5.76. The number of hydrogen-bond acceptors (Lipinski definition) is 4. The first-order valence-electron chi connectivity index (χ1n) is 7.76. The van der Waals surface area contributed by atoms with Crippen LogP contribution in [-0.2, 0) is 13.1 Å². The van der Waals surface area contributed by atoms with E-state index in [1.165, 1.54) is 12.1 Å². The van der Waals surface area contributed by atoms with E-state index in [9.17, 15) is 4.39 Å². The largest absolute Gasteiger partial charge is 0.489 e. The zero-order chi connectivity index (χ0) is 17.0. The minimum Gasteiger partial charge on any atom is -0.489 e. The maximum atomic E-state index is 13.5. The molecule has 0 radical (unpaired) electrons. The Bertz CT molecular complexity index is 668. The Labute approximate surface area is 136 Å². The van der Waals surface area contributed by atoms with Gasteiger partial charge < -0.3 is 15.2 Å². The van der Waals surface area contributed by atoms with Crippen LogP contribution >= 0.6 is 0 Å². The normalized spacial score (nSPS) is 11.1. The summed E-state index contributed by atoms with van der Waals surface area (Å²) in [6, 6.07) is 4.45. The fourth-order valence-corrected chi connectivity index (χ4v) is 2.48. The number of aromatic nitrogens is 2. The molecule has 0 aliphatic carbocycles. The molecule has 1 aromatic carbocycles. The average Bonchev–Trinajstić information content (AvgIpc) is 2.74. The first-order valence-corrected chi connectivity index (χ1v) is 7.76. The van der Waals surface area contributed by atoms with Crippen LogP contribution in [0, 0.1) is 19.7 Å². The lowest BCUT2D eigenvalue weighted by Crippen LogP contribution is -2.10. The fourth-order valence-electron chi connectivity index (χ4n) is 2.48. The Morgan fingerprint density at radius 1 is 1.35 bits per heavy atom. The Hall–Kier alpha value is -2.08. The molecule has 0 spiro atoms. The smallest absolute Gasteiger partial charge is 0.142 e. The van der Waals surface area contributed by atoms with Gasteiger partial charge in [-0.25, -0.2) is 4.39 Å². The number of aryl methyl sites for hydroxylation is 1. The van der Waals surface area contributed by atoms with Crippen molar-refractivity contribution in [2.24, 2.45) is 0 Å². The number of hydrogen-bond donors (Lipinski definition) is 2. The summed E-state index contributed by atoms with van der Waals surface area (Å²) in [4.78, 5) is 0. The van der Waals surface area contributed by atoms with Gasteiger partial charge in [0, 0.05) is 23.9 Å². The lowest BCUT2D eigenvalue weighted by atomic mass is 10.2. The van der Waals surface area contributed by atoms with Gasteiger partial charge in [0.25, 0.3) is 0 Å². The fraction of sp³-hybridized carbons (Fsp3) is 0.471. The predicted molar refractivity (Wildman–Crippen MR) is 88.3 cm³/mol. The molecule has 2 rings (SSSR count). The monoisotopic (exact) mass is 321 g/mol. The number of halogens is 1. The molecule has 0 saturated carbocycles. The highest BCUT2D eigenvalue weighted by Crippen LogP contribution is 2.27. The summed E-state index contributed by atoms with van der Waals surface area (Å²) in [7, 11) is 0. The maximum absolute atomic E-state index is 13.5. The van der Waals surface area contributed by atoms with Gasteiger partial charge in [-0.1, -0.05) is 0 Å². The molecule has 0 aliphatic rings. The third kappa shape index (κ3) is 4.22. The number of aliphatic hydroxyl groups is 1. The second kappa shape index (κ2) is 7.46. The Morgan fingerprint density at radius 3 is 2.74 bits per heavy atom. The molecule has 2 N–H and O–H groups in total. The van der Waals surface area contributed by atoms with Crippen LogP contribution in [-0.4, -0.2) is 27.6 Å². The van der Waals surface area contributed by atoms with E-state index in [0.717, 1.165) is 17.0 Å². The van der Waals surface area contributed by atoms with Crippen molar-refractivity contribution >= 4 is 5.69 Å². The van der Waals surface area contributed by atoms with Crippen LogP contribution < -0.4 is 10.1 Å². The Morgan fingerprint density at radius 2 is 2.09 bits per heavy atom. The minimum atomic E-state index is -0.312. The molecule has 1 heterocycles. The number of anilines is 1. The molecule has 2 aromatic rings.